The number of nitrogens with zero attached hydrogens (tertiary/aromatic N) is 2. The highest BCUT2D eigenvalue weighted by atomic mass is 16.5. The Hall–Kier alpha value is -2.83. The Balaban J connectivity index is 2.18. The van der Waals surface area contributed by atoms with Crippen molar-refractivity contribution < 1.29 is 14.1 Å². The standard InChI is InChI=1S/C22H32N4O3/c1-7-11-26(13-20(27)23-19-12-16(6)29-25-19)22(28)24-21-17(14(2)3)9-8-10-18(21)15(4)5/h8-10,12,14-15H,7,11,13H2,1-6H3,(H,24,28)(H,23,25,27). The molecule has 0 radical (unpaired) electrons. The maximum absolute atomic E-state index is 13.0. The van der Waals surface area contributed by atoms with E-state index in [1.807, 2.05) is 25.1 Å². The Labute approximate surface area is 172 Å². The van der Waals surface area contributed by atoms with Crippen LogP contribution in [0.1, 0.15) is 69.8 Å². The smallest absolute Gasteiger partial charge is 0.322 e. The second-order valence-corrected chi connectivity index (χ2v) is 7.84. The van der Waals surface area contributed by atoms with E-state index < -0.39 is 0 Å². The molecule has 0 spiro atoms. The highest BCUT2D eigenvalue weighted by Crippen LogP contribution is 2.32. The zero-order valence-corrected chi connectivity index (χ0v) is 18.2. The molecule has 7 heteroatoms. The van der Waals surface area contributed by atoms with Crippen LogP contribution in [-0.2, 0) is 4.79 Å². The molecule has 158 valence electrons. The second kappa shape index (κ2) is 10.1. The number of anilines is 2. The minimum absolute atomic E-state index is 0.0631. The molecule has 0 saturated heterocycles. The maximum atomic E-state index is 13.0. The van der Waals surface area contributed by atoms with Crippen LogP contribution in [0.15, 0.2) is 28.8 Å². The van der Waals surface area contributed by atoms with Gasteiger partial charge in [0.1, 0.15) is 12.3 Å². The molecule has 0 aliphatic heterocycles. The lowest BCUT2D eigenvalue weighted by Gasteiger charge is -2.25. The fourth-order valence-electron chi connectivity index (χ4n) is 3.18. The first-order chi connectivity index (χ1) is 13.7. The maximum Gasteiger partial charge on any atom is 0.322 e. The van der Waals surface area contributed by atoms with Gasteiger partial charge in [-0.15, -0.1) is 0 Å². The van der Waals surface area contributed by atoms with Gasteiger partial charge in [-0.1, -0.05) is 58.0 Å². The van der Waals surface area contributed by atoms with Gasteiger partial charge in [0.05, 0.1) is 0 Å². The van der Waals surface area contributed by atoms with Crippen LogP contribution >= 0.6 is 0 Å². The number of rotatable bonds is 8. The number of urea groups is 1. The third-order valence-electron chi connectivity index (χ3n) is 4.62. The molecule has 2 aromatic rings. The van der Waals surface area contributed by atoms with E-state index in [1.165, 1.54) is 4.90 Å². The number of para-hydroxylation sites is 1. The van der Waals surface area contributed by atoms with Gasteiger partial charge in [0.15, 0.2) is 5.82 Å². The van der Waals surface area contributed by atoms with Crippen LogP contribution in [0.25, 0.3) is 0 Å². The number of carbonyl (C=O) groups is 2. The van der Waals surface area contributed by atoms with Gasteiger partial charge in [-0.05, 0) is 36.3 Å². The molecule has 1 heterocycles. The summed E-state index contributed by atoms with van der Waals surface area (Å²) in [5, 5.41) is 9.49. The van der Waals surface area contributed by atoms with Gasteiger partial charge < -0.3 is 20.1 Å². The molecule has 7 nitrogen and oxygen atoms in total. The Kier molecular flexibility index (Phi) is 7.82. The van der Waals surface area contributed by atoms with Crippen molar-refractivity contribution in [1.82, 2.24) is 10.1 Å². The first-order valence-corrected chi connectivity index (χ1v) is 10.1. The van der Waals surface area contributed by atoms with Crippen LogP contribution in [0.2, 0.25) is 0 Å². The van der Waals surface area contributed by atoms with Crippen LogP contribution in [0.5, 0.6) is 0 Å². The summed E-state index contributed by atoms with van der Waals surface area (Å²) in [7, 11) is 0. The molecule has 0 aliphatic carbocycles. The van der Waals surface area contributed by atoms with Gasteiger partial charge in [0.2, 0.25) is 5.91 Å². The molecular formula is C22H32N4O3. The summed E-state index contributed by atoms with van der Waals surface area (Å²) in [4.78, 5) is 27.0. The van der Waals surface area contributed by atoms with Crippen molar-refractivity contribution in [2.45, 2.75) is 59.8 Å². The minimum Gasteiger partial charge on any atom is -0.360 e. The van der Waals surface area contributed by atoms with Crippen molar-refractivity contribution >= 4 is 23.4 Å². The number of hydrogen-bond donors (Lipinski definition) is 2. The number of carbonyl (C=O) groups excluding carboxylic acids is 2. The molecule has 0 unspecified atom stereocenters. The number of aryl methyl sites for hydroxylation is 1. The molecule has 1 aromatic carbocycles. The molecule has 0 fully saturated rings. The average molecular weight is 401 g/mol. The van der Waals surface area contributed by atoms with E-state index in [0.29, 0.717) is 18.1 Å². The van der Waals surface area contributed by atoms with E-state index in [0.717, 1.165) is 23.2 Å². The number of nitrogens with one attached hydrogen (secondary N) is 2. The van der Waals surface area contributed by atoms with E-state index in [-0.39, 0.29) is 30.3 Å². The molecule has 0 aliphatic rings. The molecule has 3 amide bonds. The van der Waals surface area contributed by atoms with Crippen LogP contribution in [0, 0.1) is 6.92 Å². The summed E-state index contributed by atoms with van der Waals surface area (Å²) in [5.41, 5.74) is 3.02. The third kappa shape index (κ3) is 6.07. The Bertz CT molecular complexity index is 816. The van der Waals surface area contributed by atoms with Gasteiger partial charge in [-0.2, -0.15) is 0 Å². The first kappa shape index (κ1) is 22.5. The predicted molar refractivity (Wildman–Crippen MR) is 115 cm³/mol. The highest BCUT2D eigenvalue weighted by Gasteiger charge is 2.21. The quantitative estimate of drug-likeness (QED) is 0.644. The summed E-state index contributed by atoms with van der Waals surface area (Å²) in [5.74, 6) is 1.17. The predicted octanol–water partition coefficient (Wildman–Crippen LogP) is 5.11. The molecule has 1 aromatic heterocycles. The van der Waals surface area contributed by atoms with Crippen molar-refractivity contribution in [3.8, 4) is 0 Å². The van der Waals surface area contributed by atoms with Gasteiger partial charge in [0, 0.05) is 18.3 Å². The zero-order valence-electron chi connectivity index (χ0n) is 18.2. The van der Waals surface area contributed by atoms with Gasteiger partial charge >= 0.3 is 6.03 Å². The fourth-order valence-corrected chi connectivity index (χ4v) is 3.18. The number of aromatic nitrogens is 1. The van der Waals surface area contributed by atoms with E-state index in [2.05, 4.69) is 43.5 Å². The van der Waals surface area contributed by atoms with Crippen LogP contribution < -0.4 is 10.6 Å². The molecule has 0 atom stereocenters. The fraction of sp³-hybridized carbons (Fsp3) is 0.500. The van der Waals surface area contributed by atoms with Crippen LogP contribution in [0.4, 0.5) is 16.3 Å². The molecule has 2 rings (SSSR count). The molecule has 29 heavy (non-hydrogen) atoms. The number of benzene rings is 1. The molecular weight excluding hydrogens is 368 g/mol. The number of amides is 3. The Morgan fingerprint density at radius 2 is 1.72 bits per heavy atom. The van der Waals surface area contributed by atoms with E-state index in [1.54, 1.807) is 13.0 Å². The lowest BCUT2D eigenvalue weighted by molar-refractivity contribution is -0.116. The monoisotopic (exact) mass is 400 g/mol. The normalized spacial score (nSPS) is 11.0. The summed E-state index contributed by atoms with van der Waals surface area (Å²) < 4.78 is 4.96. The molecule has 2 N–H and O–H groups in total. The van der Waals surface area contributed by atoms with Gasteiger partial charge in [-0.25, -0.2) is 4.79 Å². The van der Waals surface area contributed by atoms with Crippen molar-refractivity contribution in [2.75, 3.05) is 23.7 Å². The van der Waals surface area contributed by atoms with Crippen molar-refractivity contribution in [3.63, 3.8) is 0 Å². The third-order valence-corrected chi connectivity index (χ3v) is 4.62. The topological polar surface area (TPSA) is 87.5 Å². The average Bonchev–Trinajstić information content (AvgIpc) is 3.05. The minimum atomic E-state index is -0.317. The Morgan fingerprint density at radius 3 is 2.21 bits per heavy atom. The Morgan fingerprint density at radius 1 is 1.10 bits per heavy atom. The molecule has 0 saturated carbocycles. The second-order valence-electron chi connectivity index (χ2n) is 7.84. The van der Waals surface area contributed by atoms with E-state index in [9.17, 15) is 9.59 Å². The van der Waals surface area contributed by atoms with Crippen LogP contribution in [-0.4, -0.2) is 35.1 Å². The van der Waals surface area contributed by atoms with Crippen molar-refractivity contribution in [3.05, 3.63) is 41.2 Å². The lowest BCUT2D eigenvalue weighted by Crippen LogP contribution is -2.41. The number of hydrogen-bond acceptors (Lipinski definition) is 4. The zero-order chi connectivity index (χ0) is 21.6. The van der Waals surface area contributed by atoms with Crippen LogP contribution in [0.3, 0.4) is 0 Å². The lowest BCUT2D eigenvalue weighted by atomic mass is 9.93. The van der Waals surface area contributed by atoms with Gasteiger partial charge in [0.25, 0.3) is 0 Å². The summed E-state index contributed by atoms with van der Waals surface area (Å²) in [6, 6.07) is 7.45. The van der Waals surface area contributed by atoms with Gasteiger partial charge in [-0.3, -0.25) is 4.79 Å². The first-order valence-electron chi connectivity index (χ1n) is 10.1. The van der Waals surface area contributed by atoms with E-state index in [4.69, 9.17) is 4.52 Å². The largest absolute Gasteiger partial charge is 0.360 e. The summed E-state index contributed by atoms with van der Waals surface area (Å²) >= 11 is 0. The summed E-state index contributed by atoms with van der Waals surface area (Å²) in [6.45, 7) is 12.5. The highest BCUT2D eigenvalue weighted by molar-refractivity contribution is 5.97. The van der Waals surface area contributed by atoms with Crippen molar-refractivity contribution in [1.29, 1.82) is 0 Å². The van der Waals surface area contributed by atoms with E-state index >= 15 is 0 Å². The van der Waals surface area contributed by atoms with Crippen molar-refractivity contribution in [2.24, 2.45) is 0 Å². The molecule has 0 bridgehead atoms. The summed E-state index contributed by atoms with van der Waals surface area (Å²) in [6.07, 6.45) is 0.743. The SMILES string of the molecule is CCCN(CC(=O)Nc1cc(C)on1)C(=O)Nc1c(C(C)C)cccc1C(C)C.